The quantitative estimate of drug-likeness (QED) is 0.646. The number of piperazine rings is 1. The van der Waals surface area contributed by atoms with Gasteiger partial charge in [-0.2, -0.15) is 0 Å². The number of ketones is 1. The first-order chi connectivity index (χ1) is 13.4. The van der Waals surface area contributed by atoms with Gasteiger partial charge in [0.2, 0.25) is 0 Å². The molecule has 28 heavy (non-hydrogen) atoms. The van der Waals surface area contributed by atoms with Crippen LogP contribution in [0, 0.1) is 19.7 Å². The number of nitrogens with zero attached hydrogens (tertiary/aromatic N) is 4. The highest BCUT2D eigenvalue weighted by Gasteiger charge is 2.20. The van der Waals surface area contributed by atoms with E-state index >= 15 is 0 Å². The highest BCUT2D eigenvalue weighted by atomic mass is 19.1. The third kappa shape index (κ3) is 3.52. The summed E-state index contributed by atoms with van der Waals surface area (Å²) in [7, 11) is 0. The highest BCUT2D eigenvalue weighted by Crippen LogP contribution is 2.23. The van der Waals surface area contributed by atoms with Crippen LogP contribution in [0.4, 0.5) is 10.1 Å². The number of carbonyl (C=O) groups is 1. The second kappa shape index (κ2) is 7.36. The Hall–Kier alpha value is -2.73. The summed E-state index contributed by atoms with van der Waals surface area (Å²) in [6.07, 6.45) is 1.90. The molecule has 146 valence electrons. The number of halogens is 1. The Bertz CT molecular complexity index is 1030. The number of rotatable bonds is 4. The number of aryl methyl sites for hydroxylation is 2. The minimum absolute atomic E-state index is 0.117. The van der Waals surface area contributed by atoms with E-state index in [1.165, 1.54) is 24.1 Å². The van der Waals surface area contributed by atoms with E-state index in [-0.39, 0.29) is 11.6 Å². The molecule has 0 N–H and O–H groups in total. The zero-order valence-electron chi connectivity index (χ0n) is 16.6. The van der Waals surface area contributed by atoms with Crippen LogP contribution in [-0.2, 0) is 6.67 Å². The van der Waals surface area contributed by atoms with Crippen LogP contribution >= 0.6 is 0 Å². The Morgan fingerprint density at radius 2 is 1.79 bits per heavy atom. The number of imidazole rings is 1. The molecule has 0 radical (unpaired) electrons. The van der Waals surface area contributed by atoms with E-state index in [0.29, 0.717) is 11.3 Å². The van der Waals surface area contributed by atoms with Crippen molar-refractivity contribution in [3.05, 3.63) is 59.2 Å². The normalized spacial score (nSPS) is 15.4. The molecule has 0 unspecified atom stereocenters. The molecular weight excluding hydrogens is 355 g/mol. The Kier molecular flexibility index (Phi) is 4.89. The third-order valence-electron chi connectivity index (χ3n) is 5.66. The van der Waals surface area contributed by atoms with E-state index in [2.05, 4.69) is 45.3 Å². The van der Waals surface area contributed by atoms with Gasteiger partial charge in [-0.1, -0.05) is 0 Å². The molecule has 1 saturated heterocycles. The fourth-order valence-corrected chi connectivity index (χ4v) is 3.75. The molecule has 1 aromatic heterocycles. The molecule has 0 bridgehead atoms. The van der Waals surface area contributed by atoms with Crippen LogP contribution in [0.25, 0.3) is 11.0 Å². The van der Waals surface area contributed by atoms with Gasteiger partial charge in [-0.05, 0) is 62.2 Å². The molecule has 4 rings (SSSR count). The monoisotopic (exact) mass is 380 g/mol. The topological polar surface area (TPSA) is 41.4 Å². The fourth-order valence-electron chi connectivity index (χ4n) is 3.75. The van der Waals surface area contributed by atoms with E-state index in [4.69, 9.17) is 0 Å². The van der Waals surface area contributed by atoms with Crippen molar-refractivity contribution < 1.29 is 9.18 Å². The van der Waals surface area contributed by atoms with Crippen molar-refractivity contribution in [3.8, 4) is 0 Å². The van der Waals surface area contributed by atoms with Crippen LogP contribution in [0.2, 0.25) is 0 Å². The van der Waals surface area contributed by atoms with Gasteiger partial charge in [0, 0.05) is 31.7 Å². The van der Waals surface area contributed by atoms with Gasteiger partial charge in [-0.25, -0.2) is 9.37 Å². The SMILES string of the molecule is CC(=O)c1ccc(N2CCN(Cn3cnc4cc(C)c(C)cc43)CC2)c(F)c1. The van der Waals surface area contributed by atoms with Crippen LogP contribution < -0.4 is 4.90 Å². The van der Waals surface area contributed by atoms with Gasteiger partial charge in [-0.15, -0.1) is 0 Å². The number of fused-ring (bicyclic) bond motifs is 1. The highest BCUT2D eigenvalue weighted by molar-refractivity contribution is 5.94. The van der Waals surface area contributed by atoms with Crippen LogP contribution in [0.15, 0.2) is 36.7 Å². The van der Waals surface area contributed by atoms with Crippen molar-refractivity contribution in [1.82, 2.24) is 14.5 Å². The molecule has 0 atom stereocenters. The molecule has 2 aromatic carbocycles. The third-order valence-corrected chi connectivity index (χ3v) is 5.66. The van der Waals surface area contributed by atoms with Crippen molar-refractivity contribution in [3.63, 3.8) is 0 Å². The summed E-state index contributed by atoms with van der Waals surface area (Å²) in [6.45, 7) is 9.65. The van der Waals surface area contributed by atoms with Crippen molar-refractivity contribution in [2.75, 3.05) is 31.1 Å². The average molecular weight is 380 g/mol. The first-order valence-electron chi connectivity index (χ1n) is 9.62. The maximum absolute atomic E-state index is 14.4. The van der Waals surface area contributed by atoms with Crippen LogP contribution in [-0.4, -0.2) is 46.4 Å². The molecule has 0 amide bonds. The number of anilines is 1. The second-order valence-electron chi connectivity index (χ2n) is 7.61. The molecular formula is C22H25FN4O. The molecule has 0 spiro atoms. The number of carbonyl (C=O) groups excluding carboxylic acids is 1. The summed E-state index contributed by atoms with van der Waals surface area (Å²) in [6, 6.07) is 9.09. The minimum atomic E-state index is -0.326. The van der Waals surface area contributed by atoms with Crippen molar-refractivity contribution >= 4 is 22.5 Å². The van der Waals surface area contributed by atoms with Gasteiger partial charge in [0.1, 0.15) is 5.82 Å². The number of Topliss-reactive ketones (excluding diaryl/α,β-unsaturated/α-hetero) is 1. The summed E-state index contributed by atoms with van der Waals surface area (Å²) in [5.41, 5.74) is 5.68. The fraction of sp³-hybridized carbons (Fsp3) is 0.364. The van der Waals surface area contributed by atoms with Gasteiger partial charge in [0.05, 0.1) is 29.7 Å². The zero-order chi connectivity index (χ0) is 19.8. The van der Waals surface area contributed by atoms with E-state index in [9.17, 15) is 9.18 Å². The van der Waals surface area contributed by atoms with Gasteiger partial charge in [0.25, 0.3) is 0 Å². The number of hydrogen-bond acceptors (Lipinski definition) is 4. The maximum Gasteiger partial charge on any atom is 0.159 e. The number of hydrogen-bond donors (Lipinski definition) is 0. The van der Waals surface area contributed by atoms with E-state index in [1.807, 2.05) is 6.33 Å². The summed E-state index contributed by atoms with van der Waals surface area (Å²) in [5.74, 6) is -0.444. The Morgan fingerprint density at radius 1 is 1.07 bits per heavy atom. The van der Waals surface area contributed by atoms with E-state index in [0.717, 1.165) is 43.9 Å². The predicted molar refractivity (Wildman–Crippen MR) is 109 cm³/mol. The lowest BCUT2D eigenvalue weighted by atomic mass is 10.1. The molecule has 1 aliphatic rings. The summed E-state index contributed by atoms with van der Waals surface area (Å²) in [4.78, 5) is 20.4. The molecule has 3 aromatic rings. The maximum atomic E-state index is 14.4. The lowest BCUT2D eigenvalue weighted by Crippen LogP contribution is -2.47. The molecule has 1 aliphatic heterocycles. The lowest BCUT2D eigenvalue weighted by Gasteiger charge is -2.36. The van der Waals surface area contributed by atoms with Gasteiger partial charge >= 0.3 is 0 Å². The van der Waals surface area contributed by atoms with Crippen molar-refractivity contribution in [2.45, 2.75) is 27.4 Å². The standard InChI is InChI=1S/C22H25FN4O/c1-15-10-20-22(11-16(15)2)27(13-24-20)14-25-6-8-26(9-7-25)21-5-4-18(17(3)28)12-19(21)23/h4-5,10-13H,6-9,14H2,1-3H3. The Morgan fingerprint density at radius 3 is 2.46 bits per heavy atom. The zero-order valence-corrected chi connectivity index (χ0v) is 16.6. The second-order valence-corrected chi connectivity index (χ2v) is 7.61. The molecule has 2 heterocycles. The molecule has 1 fully saturated rings. The van der Waals surface area contributed by atoms with E-state index in [1.54, 1.807) is 12.1 Å². The van der Waals surface area contributed by atoms with Crippen LogP contribution in [0.5, 0.6) is 0 Å². The molecule has 0 saturated carbocycles. The van der Waals surface area contributed by atoms with Crippen molar-refractivity contribution in [2.24, 2.45) is 0 Å². The van der Waals surface area contributed by atoms with E-state index < -0.39 is 0 Å². The number of aromatic nitrogens is 2. The average Bonchev–Trinajstić information content (AvgIpc) is 3.04. The molecule has 6 heteroatoms. The minimum Gasteiger partial charge on any atom is -0.367 e. The predicted octanol–water partition coefficient (Wildman–Crippen LogP) is 3.77. The molecule has 5 nitrogen and oxygen atoms in total. The molecule has 0 aliphatic carbocycles. The number of benzene rings is 2. The summed E-state index contributed by atoms with van der Waals surface area (Å²) in [5, 5.41) is 0. The largest absolute Gasteiger partial charge is 0.367 e. The summed E-state index contributed by atoms with van der Waals surface area (Å²) < 4.78 is 16.6. The van der Waals surface area contributed by atoms with Gasteiger partial charge in [-0.3, -0.25) is 9.69 Å². The Labute approximate surface area is 164 Å². The van der Waals surface area contributed by atoms with Crippen LogP contribution in [0.3, 0.4) is 0 Å². The Balaban J connectivity index is 1.44. The van der Waals surface area contributed by atoms with Crippen molar-refractivity contribution in [1.29, 1.82) is 0 Å². The smallest absolute Gasteiger partial charge is 0.159 e. The lowest BCUT2D eigenvalue weighted by molar-refractivity contribution is 0.101. The van der Waals surface area contributed by atoms with Gasteiger partial charge < -0.3 is 9.47 Å². The van der Waals surface area contributed by atoms with Crippen LogP contribution in [0.1, 0.15) is 28.4 Å². The first-order valence-corrected chi connectivity index (χ1v) is 9.62. The van der Waals surface area contributed by atoms with Gasteiger partial charge in [0.15, 0.2) is 5.78 Å². The first kappa shape index (κ1) is 18.6. The summed E-state index contributed by atoms with van der Waals surface area (Å²) >= 11 is 0.